The summed E-state index contributed by atoms with van der Waals surface area (Å²) >= 11 is 0. The fourth-order valence-electron chi connectivity index (χ4n) is 2.46. The van der Waals surface area contributed by atoms with Crippen molar-refractivity contribution in [3.05, 3.63) is 0 Å². The third-order valence-corrected chi connectivity index (χ3v) is 3.44. The third-order valence-electron chi connectivity index (χ3n) is 3.44. The van der Waals surface area contributed by atoms with Crippen molar-refractivity contribution in [2.75, 3.05) is 26.7 Å². The molecule has 0 bridgehead atoms. The molecule has 0 aromatic heterocycles. The molecule has 2 N–H and O–H groups in total. The Morgan fingerprint density at radius 3 is 2.62 bits per heavy atom. The van der Waals surface area contributed by atoms with Crippen molar-refractivity contribution >= 4 is 17.7 Å². The first kappa shape index (κ1) is 11.1. The number of rotatable bonds is 1. The van der Waals surface area contributed by atoms with Crippen LogP contribution < -0.4 is 5.73 Å². The van der Waals surface area contributed by atoms with Gasteiger partial charge in [0, 0.05) is 20.1 Å². The Hall–Kier alpha value is -1.43. The Balaban J connectivity index is 2.13. The number of imide groups is 1. The second kappa shape index (κ2) is 3.86. The second-order valence-electron chi connectivity index (χ2n) is 4.28. The molecule has 2 aliphatic heterocycles. The van der Waals surface area contributed by atoms with Crippen LogP contribution in [-0.4, -0.2) is 54.2 Å². The number of likely N-dealkylation sites (tertiary alicyclic amines) is 2. The zero-order valence-corrected chi connectivity index (χ0v) is 9.18. The van der Waals surface area contributed by atoms with Gasteiger partial charge in [0.2, 0.25) is 17.7 Å². The number of nitrogens with two attached hydrogens (primary N) is 1. The summed E-state index contributed by atoms with van der Waals surface area (Å²) in [5, 5.41) is 0. The lowest BCUT2D eigenvalue weighted by molar-refractivity contribution is -0.138. The van der Waals surface area contributed by atoms with Crippen molar-refractivity contribution in [2.24, 2.45) is 17.6 Å². The Labute approximate surface area is 93.4 Å². The van der Waals surface area contributed by atoms with Crippen LogP contribution in [0, 0.1) is 11.8 Å². The van der Waals surface area contributed by atoms with E-state index < -0.39 is 0 Å². The molecule has 0 aromatic rings. The standard InChI is InChI=1S/C10H15N3O3/c1-12-9(15)6-2-3-13(8(14)4-11)5-7(6)10(12)16/h6-7H,2-5,11H2,1H3. The summed E-state index contributed by atoms with van der Waals surface area (Å²) < 4.78 is 0. The van der Waals surface area contributed by atoms with Gasteiger partial charge < -0.3 is 10.6 Å². The zero-order valence-electron chi connectivity index (χ0n) is 9.18. The predicted octanol–water partition coefficient (Wildman–Crippen LogP) is -1.59. The highest BCUT2D eigenvalue weighted by molar-refractivity contribution is 6.05. The maximum absolute atomic E-state index is 11.7. The number of hydrogen-bond donors (Lipinski definition) is 1. The van der Waals surface area contributed by atoms with Gasteiger partial charge >= 0.3 is 0 Å². The number of amides is 3. The molecule has 6 heteroatoms. The van der Waals surface area contributed by atoms with E-state index in [1.165, 1.54) is 11.9 Å². The van der Waals surface area contributed by atoms with Gasteiger partial charge in [-0.1, -0.05) is 0 Å². The summed E-state index contributed by atoms with van der Waals surface area (Å²) in [6, 6.07) is 0. The average Bonchev–Trinajstić information content (AvgIpc) is 2.53. The lowest BCUT2D eigenvalue weighted by atomic mass is 9.88. The Bertz CT molecular complexity index is 355. The lowest BCUT2D eigenvalue weighted by Crippen LogP contribution is -2.47. The minimum atomic E-state index is -0.359. The highest BCUT2D eigenvalue weighted by atomic mass is 16.2. The van der Waals surface area contributed by atoms with E-state index in [1.807, 2.05) is 0 Å². The van der Waals surface area contributed by atoms with Crippen LogP contribution in [0.1, 0.15) is 6.42 Å². The van der Waals surface area contributed by atoms with Crippen LogP contribution in [-0.2, 0) is 14.4 Å². The predicted molar refractivity (Wildman–Crippen MR) is 55.0 cm³/mol. The van der Waals surface area contributed by atoms with Gasteiger partial charge in [-0.2, -0.15) is 0 Å². The molecule has 2 rings (SSSR count). The Morgan fingerprint density at radius 1 is 1.38 bits per heavy atom. The van der Waals surface area contributed by atoms with Gasteiger partial charge in [-0.05, 0) is 6.42 Å². The van der Waals surface area contributed by atoms with Gasteiger partial charge in [0.05, 0.1) is 18.4 Å². The van der Waals surface area contributed by atoms with Gasteiger partial charge in [0.25, 0.3) is 0 Å². The highest BCUT2D eigenvalue weighted by Gasteiger charge is 2.48. The quantitative estimate of drug-likeness (QED) is 0.545. The molecule has 88 valence electrons. The molecule has 16 heavy (non-hydrogen) atoms. The van der Waals surface area contributed by atoms with Crippen LogP contribution in [0.15, 0.2) is 0 Å². The third kappa shape index (κ3) is 1.49. The van der Waals surface area contributed by atoms with Gasteiger partial charge in [-0.15, -0.1) is 0 Å². The number of nitrogens with zero attached hydrogens (tertiary/aromatic N) is 2. The minimum Gasteiger partial charge on any atom is -0.341 e. The molecule has 2 aliphatic rings. The Morgan fingerprint density at radius 2 is 2.00 bits per heavy atom. The molecule has 2 heterocycles. The van der Waals surface area contributed by atoms with Crippen LogP contribution in [0.2, 0.25) is 0 Å². The van der Waals surface area contributed by atoms with Gasteiger partial charge in [-0.3, -0.25) is 19.3 Å². The molecule has 3 amide bonds. The summed E-state index contributed by atoms with van der Waals surface area (Å²) in [6.07, 6.45) is 0.561. The van der Waals surface area contributed by atoms with Crippen LogP contribution >= 0.6 is 0 Å². The number of fused-ring (bicyclic) bond motifs is 1. The largest absolute Gasteiger partial charge is 0.341 e. The van der Waals surface area contributed by atoms with Gasteiger partial charge in [-0.25, -0.2) is 0 Å². The van der Waals surface area contributed by atoms with Crippen molar-refractivity contribution in [3.63, 3.8) is 0 Å². The number of piperidine rings is 1. The fraction of sp³-hybridized carbons (Fsp3) is 0.700. The van der Waals surface area contributed by atoms with E-state index in [0.717, 1.165) is 0 Å². The van der Waals surface area contributed by atoms with E-state index in [4.69, 9.17) is 5.73 Å². The summed E-state index contributed by atoms with van der Waals surface area (Å²) in [5.41, 5.74) is 5.28. The SMILES string of the molecule is CN1C(=O)C2CCN(C(=O)CN)CC2C1=O. The molecule has 0 spiro atoms. The average molecular weight is 225 g/mol. The van der Waals surface area contributed by atoms with E-state index in [1.54, 1.807) is 4.90 Å². The molecular weight excluding hydrogens is 210 g/mol. The molecule has 2 saturated heterocycles. The number of carbonyl (C=O) groups is 3. The summed E-state index contributed by atoms with van der Waals surface area (Å²) in [5.74, 6) is -1.05. The van der Waals surface area contributed by atoms with Crippen molar-refractivity contribution in [2.45, 2.75) is 6.42 Å². The molecular formula is C10H15N3O3. The summed E-state index contributed by atoms with van der Waals surface area (Å²) in [7, 11) is 1.50. The zero-order chi connectivity index (χ0) is 11.9. The first-order valence-corrected chi connectivity index (χ1v) is 5.35. The van der Waals surface area contributed by atoms with Crippen LogP contribution in [0.25, 0.3) is 0 Å². The molecule has 2 fully saturated rings. The molecule has 6 nitrogen and oxygen atoms in total. The maximum Gasteiger partial charge on any atom is 0.236 e. The van der Waals surface area contributed by atoms with E-state index in [9.17, 15) is 14.4 Å². The summed E-state index contributed by atoms with van der Waals surface area (Å²) in [6.45, 7) is 0.801. The first-order chi connectivity index (χ1) is 7.56. The Kier molecular flexibility index (Phi) is 2.67. The monoisotopic (exact) mass is 225 g/mol. The van der Waals surface area contributed by atoms with Gasteiger partial charge in [0.1, 0.15) is 0 Å². The van der Waals surface area contributed by atoms with E-state index in [-0.39, 0.29) is 36.1 Å². The topological polar surface area (TPSA) is 83.7 Å². The lowest BCUT2D eigenvalue weighted by Gasteiger charge is -2.32. The number of hydrogen-bond acceptors (Lipinski definition) is 4. The van der Waals surface area contributed by atoms with Crippen molar-refractivity contribution in [1.82, 2.24) is 9.80 Å². The minimum absolute atomic E-state index is 0.0463. The van der Waals surface area contributed by atoms with Crippen molar-refractivity contribution in [3.8, 4) is 0 Å². The van der Waals surface area contributed by atoms with Crippen LogP contribution in [0.4, 0.5) is 0 Å². The number of carbonyl (C=O) groups excluding carboxylic acids is 3. The summed E-state index contributed by atoms with van der Waals surface area (Å²) in [4.78, 5) is 37.6. The fourth-order valence-corrected chi connectivity index (χ4v) is 2.46. The normalized spacial score (nSPS) is 29.6. The van der Waals surface area contributed by atoms with Crippen molar-refractivity contribution < 1.29 is 14.4 Å². The maximum atomic E-state index is 11.7. The smallest absolute Gasteiger partial charge is 0.236 e. The second-order valence-corrected chi connectivity index (χ2v) is 4.28. The molecule has 0 radical (unpaired) electrons. The molecule has 0 aliphatic carbocycles. The highest BCUT2D eigenvalue weighted by Crippen LogP contribution is 2.32. The first-order valence-electron chi connectivity index (χ1n) is 5.35. The van der Waals surface area contributed by atoms with Gasteiger partial charge in [0.15, 0.2) is 0 Å². The molecule has 2 unspecified atom stereocenters. The van der Waals surface area contributed by atoms with Crippen molar-refractivity contribution in [1.29, 1.82) is 0 Å². The van der Waals surface area contributed by atoms with Crippen LogP contribution in [0.3, 0.4) is 0 Å². The molecule has 0 saturated carbocycles. The molecule has 0 aromatic carbocycles. The van der Waals surface area contributed by atoms with E-state index >= 15 is 0 Å². The van der Waals surface area contributed by atoms with E-state index in [0.29, 0.717) is 19.5 Å². The van der Waals surface area contributed by atoms with E-state index in [2.05, 4.69) is 0 Å². The molecule has 2 atom stereocenters. The van der Waals surface area contributed by atoms with Crippen LogP contribution in [0.5, 0.6) is 0 Å².